The highest BCUT2D eigenvalue weighted by Crippen LogP contribution is 1.93. The van der Waals surface area contributed by atoms with E-state index in [1.807, 2.05) is 0 Å². The molecule has 0 spiro atoms. The van der Waals surface area contributed by atoms with E-state index in [0.29, 0.717) is 6.54 Å². The van der Waals surface area contributed by atoms with E-state index in [-0.39, 0.29) is 0 Å². The van der Waals surface area contributed by atoms with E-state index in [9.17, 15) is 10.1 Å². The van der Waals surface area contributed by atoms with Gasteiger partial charge < -0.3 is 0 Å². The SMILES string of the molecule is O=[N+]([O-])N1CCCN1. The summed E-state index contributed by atoms with van der Waals surface area (Å²) in [4.78, 5) is 9.87. The van der Waals surface area contributed by atoms with E-state index in [0.717, 1.165) is 18.1 Å². The van der Waals surface area contributed by atoms with E-state index >= 15 is 0 Å². The van der Waals surface area contributed by atoms with Crippen LogP contribution in [-0.2, 0) is 0 Å². The molecule has 0 radical (unpaired) electrons. The Bertz CT molecular complexity index is 98.7. The first-order valence-corrected chi connectivity index (χ1v) is 2.46. The van der Waals surface area contributed by atoms with Gasteiger partial charge in [0, 0.05) is 6.54 Å². The molecule has 0 aromatic rings. The van der Waals surface area contributed by atoms with Crippen LogP contribution in [0.4, 0.5) is 0 Å². The summed E-state index contributed by atoms with van der Waals surface area (Å²) < 4.78 is 0. The van der Waals surface area contributed by atoms with Crippen molar-refractivity contribution in [2.24, 2.45) is 0 Å². The normalized spacial score (nSPS) is 19.2. The fraction of sp³-hybridized carbons (Fsp3) is 1.00. The predicted octanol–water partition coefficient (Wildman–Crippen LogP) is -0.612. The van der Waals surface area contributed by atoms with E-state index in [4.69, 9.17) is 0 Å². The van der Waals surface area contributed by atoms with Crippen LogP contribution in [0.2, 0.25) is 0 Å². The molecule has 0 saturated carbocycles. The quantitative estimate of drug-likeness (QED) is 0.367. The number of nitro groups is 1. The van der Waals surface area contributed by atoms with Gasteiger partial charge in [0.1, 0.15) is 0 Å². The lowest BCUT2D eigenvalue weighted by Crippen LogP contribution is -2.35. The van der Waals surface area contributed by atoms with Gasteiger partial charge in [0.05, 0.1) is 6.54 Å². The van der Waals surface area contributed by atoms with Gasteiger partial charge in [-0.3, -0.25) is 0 Å². The number of hydrazine groups is 2. The highest BCUT2D eigenvalue weighted by molar-refractivity contribution is 4.51. The molecule has 1 saturated heterocycles. The highest BCUT2D eigenvalue weighted by Gasteiger charge is 2.17. The minimum atomic E-state index is -0.438. The fourth-order valence-electron chi connectivity index (χ4n) is 0.655. The molecule has 0 aromatic heterocycles. The van der Waals surface area contributed by atoms with Crippen molar-refractivity contribution in [1.29, 1.82) is 0 Å². The van der Waals surface area contributed by atoms with Gasteiger partial charge in [-0.15, -0.1) is 0 Å². The van der Waals surface area contributed by atoms with Gasteiger partial charge in [-0.25, -0.2) is 10.1 Å². The van der Waals surface area contributed by atoms with Crippen molar-refractivity contribution in [1.82, 2.24) is 10.5 Å². The van der Waals surface area contributed by atoms with Crippen molar-refractivity contribution in [2.45, 2.75) is 6.42 Å². The zero-order chi connectivity index (χ0) is 5.98. The Morgan fingerprint density at radius 1 is 1.75 bits per heavy atom. The highest BCUT2D eigenvalue weighted by atomic mass is 16.7. The molecular formula is C3H7N3O2. The lowest BCUT2D eigenvalue weighted by Gasteiger charge is -2.02. The lowest BCUT2D eigenvalue weighted by atomic mass is 10.5. The maximum absolute atomic E-state index is 9.87. The summed E-state index contributed by atoms with van der Waals surface area (Å²) in [6.45, 7) is 1.24. The van der Waals surface area contributed by atoms with Crippen LogP contribution in [-0.4, -0.2) is 23.2 Å². The van der Waals surface area contributed by atoms with E-state index in [1.54, 1.807) is 0 Å². The standard InChI is InChI=1S/C3H7N3O2/c7-6(8)5-3-1-2-4-5/h4H,1-3H2. The molecule has 5 nitrogen and oxygen atoms in total. The Labute approximate surface area is 46.4 Å². The van der Waals surface area contributed by atoms with Crippen LogP contribution in [0.5, 0.6) is 0 Å². The molecule has 1 rings (SSSR count). The third-order valence-electron chi connectivity index (χ3n) is 1.04. The molecule has 0 bridgehead atoms. The molecule has 1 N–H and O–H groups in total. The number of hydrogen-bond acceptors (Lipinski definition) is 3. The molecule has 1 heterocycles. The Kier molecular flexibility index (Phi) is 1.29. The van der Waals surface area contributed by atoms with Crippen LogP contribution >= 0.6 is 0 Å². The lowest BCUT2D eigenvalue weighted by molar-refractivity contribution is -0.664. The third-order valence-corrected chi connectivity index (χ3v) is 1.04. The van der Waals surface area contributed by atoms with Crippen LogP contribution in [0.1, 0.15) is 6.42 Å². The van der Waals surface area contributed by atoms with Gasteiger partial charge >= 0.3 is 0 Å². The molecule has 0 aliphatic carbocycles. The molecule has 5 heteroatoms. The van der Waals surface area contributed by atoms with Gasteiger partial charge in [0.25, 0.3) is 0 Å². The smallest absolute Gasteiger partial charge is 0.176 e. The van der Waals surface area contributed by atoms with Crippen LogP contribution in [0.3, 0.4) is 0 Å². The Morgan fingerprint density at radius 2 is 2.50 bits per heavy atom. The third kappa shape index (κ3) is 0.865. The minimum absolute atomic E-state index is 0.438. The Morgan fingerprint density at radius 3 is 2.75 bits per heavy atom. The van der Waals surface area contributed by atoms with Crippen LogP contribution in [0.25, 0.3) is 0 Å². The van der Waals surface area contributed by atoms with Crippen molar-refractivity contribution >= 4 is 0 Å². The van der Waals surface area contributed by atoms with Crippen molar-refractivity contribution < 1.29 is 5.03 Å². The molecule has 0 atom stereocenters. The average molecular weight is 117 g/mol. The summed E-state index contributed by atoms with van der Waals surface area (Å²) in [5, 5.41) is 10.4. The second-order valence-electron chi connectivity index (χ2n) is 1.62. The van der Waals surface area contributed by atoms with Crippen molar-refractivity contribution in [3.8, 4) is 0 Å². The van der Waals surface area contributed by atoms with Crippen molar-refractivity contribution in [2.75, 3.05) is 13.1 Å². The summed E-state index contributed by atoms with van der Waals surface area (Å²) in [7, 11) is 0. The number of nitrogens with one attached hydrogen (secondary N) is 1. The molecule has 1 aliphatic heterocycles. The molecule has 0 amide bonds. The van der Waals surface area contributed by atoms with E-state index < -0.39 is 5.03 Å². The van der Waals surface area contributed by atoms with Gasteiger partial charge in [-0.05, 0) is 6.42 Å². The van der Waals surface area contributed by atoms with Crippen molar-refractivity contribution in [3.63, 3.8) is 0 Å². The summed E-state index contributed by atoms with van der Waals surface area (Å²) in [6, 6.07) is 0. The Hall–Kier alpha value is -0.840. The maximum atomic E-state index is 9.87. The number of nitrogens with zero attached hydrogens (tertiary/aromatic N) is 2. The van der Waals surface area contributed by atoms with Crippen LogP contribution in [0.15, 0.2) is 0 Å². The second-order valence-corrected chi connectivity index (χ2v) is 1.62. The van der Waals surface area contributed by atoms with Gasteiger partial charge in [0.15, 0.2) is 5.03 Å². The molecular weight excluding hydrogens is 110 g/mol. The van der Waals surface area contributed by atoms with Gasteiger partial charge in [-0.1, -0.05) is 5.12 Å². The molecule has 0 unspecified atom stereocenters. The first-order valence-electron chi connectivity index (χ1n) is 2.46. The Balaban J connectivity index is 2.35. The molecule has 0 aromatic carbocycles. The van der Waals surface area contributed by atoms with E-state index in [2.05, 4.69) is 5.43 Å². The second kappa shape index (κ2) is 1.95. The van der Waals surface area contributed by atoms with Crippen LogP contribution < -0.4 is 5.43 Å². The van der Waals surface area contributed by atoms with Crippen LogP contribution in [0, 0.1) is 10.1 Å². The summed E-state index contributed by atoms with van der Waals surface area (Å²) >= 11 is 0. The topological polar surface area (TPSA) is 58.4 Å². The van der Waals surface area contributed by atoms with E-state index in [1.165, 1.54) is 0 Å². The number of hydrogen-bond donors (Lipinski definition) is 1. The zero-order valence-corrected chi connectivity index (χ0v) is 4.33. The average Bonchev–Trinajstić information content (AvgIpc) is 2.12. The minimum Gasteiger partial charge on any atom is -0.233 e. The first kappa shape index (κ1) is 5.30. The molecule has 8 heavy (non-hydrogen) atoms. The fourth-order valence-corrected chi connectivity index (χ4v) is 0.655. The predicted molar refractivity (Wildman–Crippen MR) is 26.3 cm³/mol. The zero-order valence-electron chi connectivity index (χ0n) is 4.33. The first-order chi connectivity index (χ1) is 3.80. The molecule has 46 valence electrons. The molecule has 1 fully saturated rings. The monoisotopic (exact) mass is 117 g/mol. The molecule has 1 aliphatic rings. The van der Waals surface area contributed by atoms with Gasteiger partial charge in [0.2, 0.25) is 0 Å². The maximum Gasteiger partial charge on any atom is 0.176 e. The largest absolute Gasteiger partial charge is 0.233 e. The number of rotatable bonds is 1. The van der Waals surface area contributed by atoms with Crippen molar-refractivity contribution in [3.05, 3.63) is 10.1 Å². The summed E-state index contributed by atoms with van der Waals surface area (Å²) in [6.07, 6.45) is 0.862. The van der Waals surface area contributed by atoms with Gasteiger partial charge in [-0.2, -0.15) is 5.43 Å². The summed E-state index contributed by atoms with van der Waals surface area (Å²) in [5.74, 6) is 0. The summed E-state index contributed by atoms with van der Waals surface area (Å²) in [5.41, 5.74) is 2.59.